The Morgan fingerprint density at radius 1 is 0.977 bits per heavy atom. The minimum Gasteiger partial charge on any atom is -0.390 e. The summed E-state index contributed by atoms with van der Waals surface area (Å²) in [7, 11) is 0. The van der Waals surface area contributed by atoms with Crippen molar-refractivity contribution < 1.29 is 27.9 Å². The van der Waals surface area contributed by atoms with Crippen LogP contribution in [0.25, 0.3) is 22.3 Å². The number of hydrogen-bond donors (Lipinski definition) is 2. The van der Waals surface area contributed by atoms with E-state index in [0.717, 1.165) is 40.0 Å². The molecule has 0 saturated heterocycles. The number of amides is 2. The summed E-state index contributed by atoms with van der Waals surface area (Å²) < 4.78 is 38.9. The molecule has 3 aromatic rings. The van der Waals surface area contributed by atoms with Crippen LogP contribution in [0.15, 0.2) is 66.9 Å². The second kappa shape index (κ2) is 12.5. The molecule has 2 N–H and O–H groups in total. The van der Waals surface area contributed by atoms with Gasteiger partial charge in [-0.25, -0.2) is 4.98 Å². The highest BCUT2D eigenvalue weighted by Gasteiger charge is 2.39. The number of rotatable bonds is 8. The molecule has 0 atom stereocenters. The van der Waals surface area contributed by atoms with Crippen molar-refractivity contribution in [3.63, 3.8) is 0 Å². The van der Waals surface area contributed by atoms with Gasteiger partial charge in [0.25, 0.3) is 0 Å². The minimum absolute atomic E-state index is 0.0293. The lowest BCUT2D eigenvalue weighted by Crippen LogP contribution is -2.46. The number of nitrogens with one attached hydrogen (secondary N) is 1. The molecule has 1 heterocycles. The number of anilines is 1. The Morgan fingerprint density at radius 2 is 1.60 bits per heavy atom. The van der Waals surface area contributed by atoms with E-state index in [-0.39, 0.29) is 18.2 Å². The number of alkyl halides is 3. The van der Waals surface area contributed by atoms with E-state index < -0.39 is 30.3 Å². The molecule has 2 fully saturated rings. The highest BCUT2D eigenvalue weighted by Crippen LogP contribution is 2.45. The highest BCUT2D eigenvalue weighted by atomic mass is 19.4. The van der Waals surface area contributed by atoms with E-state index in [1.807, 2.05) is 43.3 Å². The van der Waals surface area contributed by atoms with Crippen LogP contribution in [0.2, 0.25) is 0 Å². The Hall–Kier alpha value is -3.72. The van der Waals surface area contributed by atoms with Gasteiger partial charge in [-0.2, -0.15) is 13.2 Å². The van der Waals surface area contributed by atoms with Gasteiger partial charge in [0, 0.05) is 31.1 Å². The van der Waals surface area contributed by atoms with Gasteiger partial charge in [0.05, 0.1) is 5.60 Å². The number of hydrogen-bond acceptors (Lipinski definition) is 4. The van der Waals surface area contributed by atoms with Gasteiger partial charge in [-0.05, 0) is 85.6 Å². The summed E-state index contributed by atoms with van der Waals surface area (Å²) in [5, 5.41) is 13.0. The van der Waals surface area contributed by atoms with Crippen LogP contribution < -0.4 is 5.32 Å². The van der Waals surface area contributed by atoms with Crippen molar-refractivity contribution >= 4 is 17.6 Å². The molecule has 1 aromatic heterocycles. The molecule has 0 aliphatic heterocycles. The molecular weight excluding hydrogens is 555 g/mol. The number of aromatic nitrogens is 1. The van der Waals surface area contributed by atoms with Crippen molar-refractivity contribution in [3.8, 4) is 22.3 Å². The average Bonchev–Trinajstić information content (AvgIpc) is 2.95. The molecular formula is C34H38F3N3O3. The third kappa shape index (κ3) is 7.82. The van der Waals surface area contributed by atoms with Crippen LogP contribution >= 0.6 is 0 Å². The Bertz CT molecular complexity index is 1420. The number of pyridine rings is 1. The average molecular weight is 594 g/mol. The normalized spacial score (nSPS) is 23.7. The zero-order chi connectivity index (χ0) is 30.8. The van der Waals surface area contributed by atoms with Crippen molar-refractivity contribution in [2.75, 3.05) is 11.9 Å². The predicted molar refractivity (Wildman–Crippen MR) is 160 cm³/mol. The molecule has 2 amide bonds. The third-order valence-corrected chi connectivity index (χ3v) is 8.81. The summed E-state index contributed by atoms with van der Waals surface area (Å²) >= 11 is 0. The minimum atomic E-state index is -4.44. The Kier molecular flexibility index (Phi) is 8.92. The summed E-state index contributed by atoms with van der Waals surface area (Å²) in [5.41, 5.74) is 4.48. The van der Waals surface area contributed by atoms with Crippen LogP contribution in [0, 0.1) is 5.92 Å². The van der Waals surface area contributed by atoms with E-state index >= 15 is 0 Å². The number of carbonyl (C=O) groups excluding carboxylic acids is 2. The third-order valence-electron chi connectivity index (χ3n) is 8.81. The van der Waals surface area contributed by atoms with Gasteiger partial charge < -0.3 is 15.3 Å². The summed E-state index contributed by atoms with van der Waals surface area (Å²) in [6, 6.07) is 19.7. The quantitative estimate of drug-likeness (QED) is 0.286. The van der Waals surface area contributed by atoms with Crippen LogP contribution in [-0.4, -0.2) is 51.2 Å². The first-order valence-corrected chi connectivity index (χ1v) is 14.9. The number of benzene rings is 2. The zero-order valence-electron chi connectivity index (χ0n) is 24.5. The van der Waals surface area contributed by atoms with Gasteiger partial charge in [-0.1, -0.05) is 54.6 Å². The molecule has 2 aliphatic rings. The molecule has 5 rings (SSSR count). The van der Waals surface area contributed by atoms with Crippen molar-refractivity contribution in [2.24, 2.45) is 5.92 Å². The van der Waals surface area contributed by atoms with E-state index in [1.165, 1.54) is 12.5 Å². The van der Waals surface area contributed by atoms with Gasteiger partial charge >= 0.3 is 6.18 Å². The summed E-state index contributed by atoms with van der Waals surface area (Å²) in [5.74, 6) is 0.0496. The smallest absolute Gasteiger partial charge is 0.390 e. The number of carbonyl (C=O) groups is 2. The lowest BCUT2D eigenvalue weighted by Gasteiger charge is -2.41. The molecule has 228 valence electrons. The predicted octanol–water partition coefficient (Wildman–Crippen LogP) is 7.34. The molecule has 9 heteroatoms. The van der Waals surface area contributed by atoms with Gasteiger partial charge in [0.2, 0.25) is 11.8 Å². The zero-order valence-corrected chi connectivity index (χ0v) is 24.5. The molecule has 2 saturated carbocycles. The second-order valence-corrected chi connectivity index (χ2v) is 12.4. The van der Waals surface area contributed by atoms with Crippen LogP contribution in [0.3, 0.4) is 0 Å². The summed E-state index contributed by atoms with van der Waals surface area (Å²) in [6.07, 6.45) is 1.13. The molecule has 0 spiro atoms. The maximum absolute atomic E-state index is 13.0. The first kappa shape index (κ1) is 30.7. The second-order valence-electron chi connectivity index (χ2n) is 12.4. The van der Waals surface area contributed by atoms with E-state index in [1.54, 1.807) is 6.20 Å². The first-order chi connectivity index (χ1) is 20.4. The van der Waals surface area contributed by atoms with Gasteiger partial charge in [0.15, 0.2) is 0 Å². The van der Waals surface area contributed by atoms with Crippen molar-refractivity contribution in [2.45, 2.75) is 82.5 Å². The topological polar surface area (TPSA) is 82.5 Å². The summed E-state index contributed by atoms with van der Waals surface area (Å²) in [4.78, 5) is 30.3. The lowest BCUT2D eigenvalue weighted by atomic mass is 9.69. The Morgan fingerprint density at radius 3 is 2.19 bits per heavy atom. The maximum Gasteiger partial charge on any atom is 0.406 e. The van der Waals surface area contributed by atoms with Gasteiger partial charge in [-0.3, -0.25) is 9.59 Å². The fraction of sp³-hybridized carbons (Fsp3) is 0.441. The Labute approximate surface area is 250 Å². The molecule has 0 bridgehead atoms. The first-order valence-electron chi connectivity index (χ1n) is 14.9. The monoisotopic (exact) mass is 593 g/mol. The van der Waals surface area contributed by atoms with Crippen LogP contribution in [0.4, 0.5) is 19.0 Å². The molecule has 6 nitrogen and oxygen atoms in total. The largest absolute Gasteiger partial charge is 0.406 e. The van der Waals surface area contributed by atoms with Crippen LogP contribution in [-0.2, 0) is 9.59 Å². The standard InChI is InChI=1S/C34H38F3N3O3/c1-22(41)40(21-34(35,36)37)28-14-8-23(9-15-28)16-32(42)39-31-17-29(25-6-4-3-5-7-25)30(20-38-31)26-12-10-24(11-13-26)27-18-33(2,43)19-27/h3-7,10-13,17,20,23,27-28,43H,8-9,14-16,18-19,21H2,1-2H3,(H,38,39,42). The number of nitrogens with zero attached hydrogens (tertiary/aromatic N) is 2. The molecule has 0 radical (unpaired) electrons. The lowest BCUT2D eigenvalue weighted by molar-refractivity contribution is -0.166. The van der Waals surface area contributed by atoms with Crippen molar-refractivity contribution in [1.29, 1.82) is 0 Å². The van der Waals surface area contributed by atoms with E-state index in [0.29, 0.717) is 37.4 Å². The fourth-order valence-electron chi connectivity index (χ4n) is 6.59. The highest BCUT2D eigenvalue weighted by molar-refractivity contribution is 5.92. The van der Waals surface area contributed by atoms with Gasteiger partial charge in [-0.15, -0.1) is 0 Å². The fourth-order valence-corrected chi connectivity index (χ4v) is 6.59. The van der Waals surface area contributed by atoms with E-state index in [4.69, 9.17) is 0 Å². The SMILES string of the molecule is CC(=O)N(CC(F)(F)F)C1CCC(CC(=O)Nc2cc(-c3ccccc3)c(-c3ccc(C4CC(C)(O)C4)cc3)cn2)CC1. The molecule has 0 unspecified atom stereocenters. The van der Waals surface area contributed by atoms with E-state index in [9.17, 15) is 27.9 Å². The number of halogens is 3. The summed E-state index contributed by atoms with van der Waals surface area (Å²) in [6.45, 7) is 1.80. The van der Waals surface area contributed by atoms with Gasteiger partial charge in [0.1, 0.15) is 12.4 Å². The van der Waals surface area contributed by atoms with Crippen LogP contribution in [0.1, 0.15) is 70.3 Å². The molecule has 2 aliphatic carbocycles. The maximum atomic E-state index is 13.0. The Balaban J connectivity index is 1.25. The van der Waals surface area contributed by atoms with Crippen LogP contribution in [0.5, 0.6) is 0 Å². The molecule has 2 aromatic carbocycles. The molecule has 43 heavy (non-hydrogen) atoms. The van der Waals surface area contributed by atoms with Crippen molar-refractivity contribution in [1.82, 2.24) is 9.88 Å². The van der Waals surface area contributed by atoms with Crippen molar-refractivity contribution in [3.05, 3.63) is 72.4 Å². The number of aliphatic hydroxyl groups is 1. The van der Waals surface area contributed by atoms with E-state index in [2.05, 4.69) is 34.6 Å².